The van der Waals surface area contributed by atoms with Crippen LogP contribution in [0.3, 0.4) is 0 Å². The first-order valence-corrected chi connectivity index (χ1v) is 6.24. The molecule has 0 aromatic carbocycles. The van der Waals surface area contributed by atoms with Gasteiger partial charge in [-0.2, -0.15) is 0 Å². The minimum absolute atomic E-state index is 0.0508. The minimum atomic E-state index is -0.583. The van der Waals surface area contributed by atoms with Gasteiger partial charge in [0.15, 0.2) is 5.69 Å². The van der Waals surface area contributed by atoms with Crippen molar-refractivity contribution in [2.45, 2.75) is 20.3 Å². The normalized spacial score (nSPS) is 10.6. The molecular formula is C13H15FN4O2. The Morgan fingerprint density at radius 1 is 1.45 bits per heavy atom. The number of ether oxygens (including phenoxy) is 1. The fraction of sp³-hybridized carbons (Fsp3) is 0.308. The van der Waals surface area contributed by atoms with Crippen LogP contribution in [0.2, 0.25) is 0 Å². The molecule has 2 aromatic heterocycles. The maximum atomic E-state index is 12.9. The van der Waals surface area contributed by atoms with E-state index in [0.29, 0.717) is 18.1 Å². The molecule has 0 amide bonds. The van der Waals surface area contributed by atoms with Gasteiger partial charge in [-0.1, -0.05) is 6.92 Å². The Labute approximate surface area is 115 Å². The number of aryl methyl sites for hydroxylation is 1. The number of anilines is 1. The minimum Gasteiger partial charge on any atom is -0.461 e. The SMILES string of the molecule is CCOC(=O)c1nc(CC)n(-c2ccc(F)cn2)c1N. The van der Waals surface area contributed by atoms with Crippen molar-refractivity contribution in [2.24, 2.45) is 0 Å². The topological polar surface area (TPSA) is 83.0 Å². The summed E-state index contributed by atoms with van der Waals surface area (Å²) in [5, 5.41) is 0. The van der Waals surface area contributed by atoms with E-state index in [-0.39, 0.29) is 18.1 Å². The van der Waals surface area contributed by atoms with Gasteiger partial charge in [-0.3, -0.25) is 4.57 Å². The average molecular weight is 278 g/mol. The second kappa shape index (κ2) is 5.68. The van der Waals surface area contributed by atoms with Gasteiger partial charge in [0, 0.05) is 6.42 Å². The fourth-order valence-electron chi connectivity index (χ4n) is 1.82. The number of imidazole rings is 1. The van der Waals surface area contributed by atoms with Crippen LogP contribution in [0.4, 0.5) is 10.2 Å². The fourth-order valence-corrected chi connectivity index (χ4v) is 1.82. The maximum Gasteiger partial charge on any atom is 0.360 e. The lowest BCUT2D eigenvalue weighted by Crippen LogP contribution is -2.10. The number of carbonyl (C=O) groups is 1. The van der Waals surface area contributed by atoms with E-state index >= 15 is 0 Å². The van der Waals surface area contributed by atoms with Gasteiger partial charge in [0.2, 0.25) is 0 Å². The van der Waals surface area contributed by atoms with E-state index in [0.717, 1.165) is 6.20 Å². The quantitative estimate of drug-likeness (QED) is 0.861. The van der Waals surface area contributed by atoms with Crippen LogP contribution in [0.15, 0.2) is 18.3 Å². The van der Waals surface area contributed by atoms with Crippen molar-refractivity contribution < 1.29 is 13.9 Å². The van der Waals surface area contributed by atoms with Crippen LogP contribution < -0.4 is 5.73 Å². The number of halogens is 1. The number of rotatable bonds is 4. The van der Waals surface area contributed by atoms with Crippen molar-refractivity contribution >= 4 is 11.8 Å². The summed E-state index contributed by atoms with van der Waals surface area (Å²) < 4.78 is 19.3. The Morgan fingerprint density at radius 2 is 2.20 bits per heavy atom. The third kappa shape index (κ3) is 2.47. The molecule has 106 valence electrons. The molecule has 2 N–H and O–H groups in total. The van der Waals surface area contributed by atoms with Gasteiger partial charge >= 0.3 is 5.97 Å². The standard InChI is InChI=1S/C13H15FN4O2/c1-3-9-17-11(13(19)20-4-2)12(15)18(9)10-6-5-8(14)7-16-10/h5-7H,3-4,15H2,1-2H3. The highest BCUT2D eigenvalue weighted by Gasteiger charge is 2.22. The second-order valence-corrected chi connectivity index (χ2v) is 4.01. The number of aromatic nitrogens is 3. The smallest absolute Gasteiger partial charge is 0.360 e. The number of nitrogen functional groups attached to an aromatic ring is 1. The summed E-state index contributed by atoms with van der Waals surface area (Å²) in [4.78, 5) is 19.9. The molecule has 20 heavy (non-hydrogen) atoms. The Bertz CT molecular complexity index is 622. The molecule has 0 saturated carbocycles. The number of nitrogens with two attached hydrogens (primary N) is 1. The average Bonchev–Trinajstić information content (AvgIpc) is 2.77. The van der Waals surface area contributed by atoms with E-state index in [1.165, 1.54) is 16.7 Å². The van der Waals surface area contributed by atoms with Gasteiger partial charge in [-0.25, -0.2) is 19.2 Å². The van der Waals surface area contributed by atoms with Gasteiger partial charge in [0.05, 0.1) is 12.8 Å². The van der Waals surface area contributed by atoms with E-state index in [2.05, 4.69) is 9.97 Å². The van der Waals surface area contributed by atoms with Crippen molar-refractivity contribution in [2.75, 3.05) is 12.3 Å². The molecule has 0 saturated heterocycles. The van der Waals surface area contributed by atoms with Gasteiger partial charge in [0.1, 0.15) is 23.3 Å². The van der Waals surface area contributed by atoms with Crippen molar-refractivity contribution in [3.8, 4) is 5.82 Å². The van der Waals surface area contributed by atoms with Crippen LogP contribution in [0, 0.1) is 5.82 Å². The zero-order valence-corrected chi connectivity index (χ0v) is 11.3. The highest BCUT2D eigenvalue weighted by molar-refractivity contribution is 5.92. The summed E-state index contributed by atoms with van der Waals surface area (Å²) in [5.41, 5.74) is 6.00. The lowest BCUT2D eigenvalue weighted by Gasteiger charge is -2.07. The largest absolute Gasteiger partial charge is 0.461 e. The first kappa shape index (κ1) is 14.0. The Kier molecular flexibility index (Phi) is 3.97. The second-order valence-electron chi connectivity index (χ2n) is 4.01. The van der Waals surface area contributed by atoms with Crippen molar-refractivity contribution in [3.05, 3.63) is 35.7 Å². The van der Waals surface area contributed by atoms with Crippen LogP contribution in [-0.2, 0) is 11.2 Å². The summed E-state index contributed by atoms with van der Waals surface area (Å²) in [6.07, 6.45) is 1.63. The lowest BCUT2D eigenvalue weighted by molar-refractivity contribution is 0.0521. The number of pyridine rings is 1. The van der Waals surface area contributed by atoms with E-state index in [1.807, 2.05) is 6.92 Å². The Morgan fingerprint density at radius 3 is 2.75 bits per heavy atom. The maximum absolute atomic E-state index is 12.9. The molecule has 0 aliphatic rings. The van der Waals surface area contributed by atoms with Crippen LogP contribution >= 0.6 is 0 Å². The molecule has 0 bridgehead atoms. The zero-order valence-electron chi connectivity index (χ0n) is 11.3. The lowest BCUT2D eigenvalue weighted by atomic mass is 10.4. The Hall–Kier alpha value is -2.44. The summed E-state index contributed by atoms with van der Waals surface area (Å²) in [6.45, 7) is 3.81. The van der Waals surface area contributed by atoms with Crippen LogP contribution in [0.1, 0.15) is 30.2 Å². The molecule has 0 aliphatic heterocycles. The van der Waals surface area contributed by atoms with Crippen LogP contribution in [0.25, 0.3) is 5.82 Å². The van der Waals surface area contributed by atoms with E-state index < -0.39 is 11.8 Å². The van der Waals surface area contributed by atoms with Gasteiger partial charge in [-0.05, 0) is 19.1 Å². The third-order valence-electron chi connectivity index (χ3n) is 2.71. The zero-order chi connectivity index (χ0) is 14.7. The molecule has 0 aliphatic carbocycles. The van der Waals surface area contributed by atoms with Crippen LogP contribution in [0.5, 0.6) is 0 Å². The van der Waals surface area contributed by atoms with Gasteiger partial charge in [0.25, 0.3) is 0 Å². The van der Waals surface area contributed by atoms with Crippen molar-refractivity contribution in [1.29, 1.82) is 0 Å². The molecule has 6 nitrogen and oxygen atoms in total. The molecular weight excluding hydrogens is 263 g/mol. The number of esters is 1. The van der Waals surface area contributed by atoms with E-state index in [9.17, 15) is 9.18 Å². The first-order chi connectivity index (χ1) is 9.58. The first-order valence-electron chi connectivity index (χ1n) is 6.24. The van der Waals surface area contributed by atoms with Gasteiger partial charge < -0.3 is 10.5 Å². The molecule has 7 heteroatoms. The number of carbonyl (C=O) groups excluding carboxylic acids is 1. The molecule has 0 unspecified atom stereocenters. The van der Waals surface area contributed by atoms with E-state index in [1.54, 1.807) is 6.92 Å². The highest BCUT2D eigenvalue weighted by Crippen LogP contribution is 2.21. The molecule has 0 fully saturated rings. The molecule has 2 heterocycles. The number of nitrogens with zero attached hydrogens (tertiary/aromatic N) is 3. The Balaban J connectivity index is 2.52. The van der Waals surface area contributed by atoms with Crippen molar-refractivity contribution in [1.82, 2.24) is 14.5 Å². The molecule has 0 atom stereocenters. The molecule has 2 rings (SSSR count). The summed E-state index contributed by atoms with van der Waals surface area (Å²) >= 11 is 0. The van der Waals surface area contributed by atoms with E-state index in [4.69, 9.17) is 10.5 Å². The predicted molar refractivity (Wildman–Crippen MR) is 71.1 cm³/mol. The monoisotopic (exact) mass is 278 g/mol. The predicted octanol–water partition coefficient (Wildman–Crippen LogP) is 1.73. The van der Waals surface area contributed by atoms with Crippen LogP contribution in [-0.4, -0.2) is 27.1 Å². The summed E-state index contributed by atoms with van der Waals surface area (Å²) in [7, 11) is 0. The number of hydrogen-bond acceptors (Lipinski definition) is 5. The third-order valence-corrected chi connectivity index (χ3v) is 2.71. The molecule has 0 radical (unpaired) electrons. The van der Waals surface area contributed by atoms with Gasteiger partial charge in [-0.15, -0.1) is 0 Å². The highest BCUT2D eigenvalue weighted by atomic mass is 19.1. The summed E-state index contributed by atoms with van der Waals surface area (Å²) in [5.74, 6) is 0.0736. The number of hydrogen-bond donors (Lipinski definition) is 1. The molecule has 0 spiro atoms. The molecule has 2 aromatic rings. The van der Waals surface area contributed by atoms with Crippen molar-refractivity contribution in [3.63, 3.8) is 0 Å². The summed E-state index contributed by atoms with van der Waals surface area (Å²) in [6, 6.07) is 2.74.